The number of aromatic nitrogens is 2. The topological polar surface area (TPSA) is 70.1 Å². The van der Waals surface area contributed by atoms with E-state index < -0.39 is 12.0 Å². The van der Waals surface area contributed by atoms with E-state index in [0.717, 1.165) is 11.4 Å². The molecule has 0 fully saturated rings. The lowest BCUT2D eigenvalue weighted by atomic mass is 10.3. The number of carbonyl (C=O) groups excluding carboxylic acids is 1. The number of ether oxygens (including phenoxy) is 1. The van der Waals surface area contributed by atoms with Crippen molar-refractivity contribution in [2.75, 3.05) is 7.11 Å². The third-order valence-corrected chi connectivity index (χ3v) is 1.98. The molecule has 78 valence electrons. The van der Waals surface area contributed by atoms with Crippen molar-refractivity contribution in [3.8, 4) is 0 Å². The van der Waals surface area contributed by atoms with Gasteiger partial charge in [-0.15, -0.1) is 0 Å². The van der Waals surface area contributed by atoms with E-state index in [-0.39, 0.29) is 0 Å². The standard InChI is InChI=1S/C9H15N3O2/c1-6-4-7(2)12(11-6)5-8(10)9(13)14-3/h4,8H,5,10H2,1-3H3/t8-/m0/s1. The van der Waals surface area contributed by atoms with Crippen LogP contribution in [0.25, 0.3) is 0 Å². The Morgan fingerprint density at radius 1 is 1.71 bits per heavy atom. The number of nitrogens with zero attached hydrogens (tertiary/aromatic N) is 2. The predicted molar refractivity (Wildman–Crippen MR) is 51.7 cm³/mol. The zero-order chi connectivity index (χ0) is 10.7. The van der Waals surface area contributed by atoms with Gasteiger partial charge in [-0.05, 0) is 19.9 Å². The van der Waals surface area contributed by atoms with Gasteiger partial charge in [0.15, 0.2) is 0 Å². The minimum atomic E-state index is -0.655. The molecule has 0 aliphatic rings. The Hall–Kier alpha value is -1.36. The summed E-state index contributed by atoms with van der Waals surface area (Å²) in [5.74, 6) is -0.419. The molecule has 5 heteroatoms. The van der Waals surface area contributed by atoms with Crippen LogP contribution < -0.4 is 5.73 Å². The van der Waals surface area contributed by atoms with Gasteiger partial charge in [0, 0.05) is 5.69 Å². The van der Waals surface area contributed by atoms with Crippen molar-refractivity contribution >= 4 is 5.97 Å². The second-order valence-corrected chi connectivity index (χ2v) is 3.24. The fraction of sp³-hybridized carbons (Fsp3) is 0.556. The highest BCUT2D eigenvalue weighted by atomic mass is 16.5. The van der Waals surface area contributed by atoms with Gasteiger partial charge >= 0.3 is 5.97 Å². The Morgan fingerprint density at radius 3 is 2.79 bits per heavy atom. The number of nitrogens with two attached hydrogens (primary N) is 1. The molecule has 1 atom stereocenters. The highest BCUT2D eigenvalue weighted by Crippen LogP contribution is 2.02. The largest absolute Gasteiger partial charge is 0.468 e. The molecule has 2 N–H and O–H groups in total. The number of hydrogen-bond acceptors (Lipinski definition) is 4. The van der Waals surface area contributed by atoms with Gasteiger partial charge in [0.2, 0.25) is 0 Å². The predicted octanol–water partition coefficient (Wildman–Crippen LogP) is 0.000240. The summed E-state index contributed by atoms with van der Waals surface area (Å²) in [6.45, 7) is 4.17. The third-order valence-electron chi connectivity index (χ3n) is 1.98. The molecule has 0 radical (unpaired) electrons. The highest BCUT2D eigenvalue weighted by molar-refractivity contribution is 5.75. The van der Waals surface area contributed by atoms with Crippen LogP contribution in [0, 0.1) is 13.8 Å². The molecule has 0 amide bonds. The molecule has 0 aromatic carbocycles. The van der Waals surface area contributed by atoms with Crippen molar-refractivity contribution in [2.45, 2.75) is 26.4 Å². The van der Waals surface area contributed by atoms with Crippen LogP contribution in [-0.4, -0.2) is 28.9 Å². The third kappa shape index (κ3) is 2.32. The Labute approximate surface area is 82.8 Å². The zero-order valence-electron chi connectivity index (χ0n) is 8.65. The molecule has 0 bridgehead atoms. The van der Waals surface area contributed by atoms with Crippen LogP contribution in [0.5, 0.6) is 0 Å². The minimum absolute atomic E-state index is 0.354. The molecule has 1 rings (SSSR count). The maximum absolute atomic E-state index is 11.0. The van der Waals surface area contributed by atoms with Gasteiger partial charge in [0.1, 0.15) is 6.04 Å². The van der Waals surface area contributed by atoms with Gasteiger partial charge in [-0.2, -0.15) is 5.10 Å². The number of aryl methyl sites for hydroxylation is 2. The summed E-state index contributed by atoms with van der Waals surface area (Å²) >= 11 is 0. The molecule has 14 heavy (non-hydrogen) atoms. The smallest absolute Gasteiger partial charge is 0.324 e. The quantitative estimate of drug-likeness (QED) is 0.692. The zero-order valence-corrected chi connectivity index (χ0v) is 8.65. The van der Waals surface area contributed by atoms with E-state index in [1.54, 1.807) is 4.68 Å². The van der Waals surface area contributed by atoms with Crippen LogP contribution in [0.15, 0.2) is 6.07 Å². The number of esters is 1. The van der Waals surface area contributed by atoms with E-state index in [1.807, 2.05) is 19.9 Å². The van der Waals surface area contributed by atoms with Crippen molar-refractivity contribution in [1.29, 1.82) is 0 Å². The first-order chi connectivity index (χ1) is 6.54. The van der Waals surface area contributed by atoms with Gasteiger partial charge in [0.05, 0.1) is 19.3 Å². The Balaban J connectivity index is 2.69. The summed E-state index contributed by atoms with van der Waals surface area (Å²) in [5, 5.41) is 4.20. The average Bonchev–Trinajstić information content (AvgIpc) is 2.44. The number of hydrogen-bond donors (Lipinski definition) is 1. The maximum atomic E-state index is 11.0. The van der Waals surface area contributed by atoms with E-state index in [1.165, 1.54) is 7.11 Å². The number of methoxy groups -OCH3 is 1. The van der Waals surface area contributed by atoms with Gasteiger partial charge < -0.3 is 10.5 Å². The first kappa shape index (κ1) is 10.7. The van der Waals surface area contributed by atoms with Crippen LogP contribution in [0.1, 0.15) is 11.4 Å². The first-order valence-corrected chi connectivity index (χ1v) is 4.39. The minimum Gasteiger partial charge on any atom is -0.468 e. The van der Waals surface area contributed by atoms with Crippen molar-refractivity contribution < 1.29 is 9.53 Å². The van der Waals surface area contributed by atoms with Gasteiger partial charge in [-0.3, -0.25) is 9.48 Å². The lowest BCUT2D eigenvalue weighted by Crippen LogP contribution is -2.36. The molecule has 0 aliphatic carbocycles. The number of carbonyl (C=O) groups is 1. The summed E-state index contributed by atoms with van der Waals surface area (Å²) in [6.07, 6.45) is 0. The van der Waals surface area contributed by atoms with Crippen LogP contribution >= 0.6 is 0 Å². The molecule has 5 nitrogen and oxygen atoms in total. The highest BCUT2D eigenvalue weighted by Gasteiger charge is 2.15. The number of rotatable bonds is 3. The average molecular weight is 197 g/mol. The molecule has 1 aromatic rings. The molecule has 0 aliphatic heterocycles. The molecule has 1 aromatic heterocycles. The normalized spacial score (nSPS) is 12.6. The Bertz CT molecular complexity index is 333. The summed E-state index contributed by atoms with van der Waals surface area (Å²) in [4.78, 5) is 11.0. The second kappa shape index (κ2) is 4.23. The van der Waals surface area contributed by atoms with Crippen molar-refractivity contribution in [2.24, 2.45) is 5.73 Å². The van der Waals surface area contributed by atoms with Crippen LogP contribution in [0.3, 0.4) is 0 Å². The monoisotopic (exact) mass is 197 g/mol. The Kier molecular flexibility index (Phi) is 3.24. The summed E-state index contributed by atoms with van der Waals surface area (Å²) < 4.78 is 6.23. The van der Waals surface area contributed by atoms with Gasteiger partial charge in [-0.1, -0.05) is 0 Å². The van der Waals surface area contributed by atoms with E-state index in [9.17, 15) is 4.79 Å². The maximum Gasteiger partial charge on any atom is 0.324 e. The Morgan fingerprint density at radius 2 is 2.36 bits per heavy atom. The molecule has 0 saturated heterocycles. The lowest BCUT2D eigenvalue weighted by molar-refractivity contribution is -0.142. The molecule has 0 spiro atoms. The molecule has 0 saturated carbocycles. The van der Waals surface area contributed by atoms with Crippen molar-refractivity contribution in [1.82, 2.24) is 9.78 Å². The van der Waals surface area contributed by atoms with Gasteiger partial charge in [0.25, 0.3) is 0 Å². The molecular weight excluding hydrogens is 182 g/mol. The lowest BCUT2D eigenvalue weighted by Gasteiger charge is -2.10. The van der Waals surface area contributed by atoms with Gasteiger partial charge in [-0.25, -0.2) is 0 Å². The fourth-order valence-corrected chi connectivity index (χ4v) is 1.27. The first-order valence-electron chi connectivity index (χ1n) is 4.39. The van der Waals surface area contributed by atoms with Crippen LogP contribution in [0.4, 0.5) is 0 Å². The van der Waals surface area contributed by atoms with E-state index in [4.69, 9.17) is 5.73 Å². The van der Waals surface area contributed by atoms with Crippen molar-refractivity contribution in [3.63, 3.8) is 0 Å². The fourth-order valence-electron chi connectivity index (χ4n) is 1.27. The molecular formula is C9H15N3O2. The molecule has 0 unspecified atom stereocenters. The van der Waals surface area contributed by atoms with E-state index in [2.05, 4.69) is 9.84 Å². The summed E-state index contributed by atoms with van der Waals surface area (Å²) in [7, 11) is 1.32. The summed E-state index contributed by atoms with van der Waals surface area (Å²) in [5.41, 5.74) is 7.51. The van der Waals surface area contributed by atoms with E-state index >= 15 is 0 Å². The molecule has 1 heterocycles. The second-order valence-electron chi connectivity index (χ2n) is 3.24. The van der Waals surface area contributed by atoms with Crippen molar-refractivity contribution in [3.05, 3.63) is 17.5 Å². The van der Waals surface area contributed by atoms with E-state index in [0.29, 0.717) is 6.54 Å². The SMILES string of the molecule is COC(=O)[C@@H](N)Cn1nc(C)cc1C. The van der Waals surface area contributed by atoms with Crippen LogP contribution in [0.2, 0.25) is 0 Å². The van der Waals surface area contributed by atoms with Crippen LogP contribution in [-0.2, 0) is 16.1 Å². The summed E-state index contributed by atoms with van der Waals surface area (Å²) in [6, 6.07) is 1.28.